The molecule has 1 heterocycles. The molecule has 2 nitrogen and oxygen atoms in total. The molecule has 13 heavy (non-hydrogen) atoms. The van der Waals surface area contributed by atoms with Gasteiger partial charge < -0.3 is 4.74 Å². The topological polar surface area (TPSA) is 22.1 Å². The zero-order chi connectivity index (χ0) is 9.26. The average Bonchev–Trinajstić information content (AvgIpc) is 2.17. The second kappa shape index (κ2) is 3.23. The number of nitrogens with zero attached hydrogens (tertiary/aromatic N) is 1. The summed E-state index contributed by atoms with van der Waals surface area (Å²) in [6.07, 6.45) is 1.68. The molecule has 1 aromatic carbocycles. The Hall–Kier alpha value is -1.28. The fraction of sp³-hybridized carbons (Fsp3) is 0.100. The maximum Gasteiger partial charge on any atom is 0.129 e. The van der Waals surface area contributed by atoms with Crippen LogP contribution in [0.4, 0.5) is 0 Å². The van der Waals surface area contributed by atoms with Gasteiger partial charge in [-0.2, -0.15) is 0 Å². The van der Waals surface area contributed by atoms with Gasteiger partial charge in [-0.25, -0.2) is 0 Å². The SMILES string of the molecule is COc1cccc2nccc(Cl)c12. The number of methoxy groups -OCH3 is 1. The summed E-state index contributed by atoms with van der Waals surface area (Å²) in [4.78, 5) is 4.19. The van der Waals surface area contributed by atoms with E-state index >= 15 is 0 Å². The molecular formula is C10H8ClNO. The lowest BCUT2D eigenvalue weighted by Gasteiger charge is -2.05. The van der Waals surface area contributed by atoms with Crippen molar-refractivity contribution >= 4 is 22.5 Å². The van der Waals surface area contributed by atoms with Gasteiger partial charge in [-0.3, -0.25) is 4.98 Å². The van der Waals surface area contributed by atoms with Crippen molar-refractivity contribution in [3.05, 3.63) is 35.5 Å². The number of ether oxygens (including phenoxy) is 1. The zero-order valence-corrected chi connectivity index (χ0v) is 7.88. The summed E-state index contributed by atoms with van der Waals surface area (Å²) in [5.41, 5.74) is 0.854. The van der Waals surface area contributed by atoms with E-state index in [9.17, 15) is 0 Å². The second-order valence-corrected chi connectivity index (χ2v) is 3.05. The number of aromatic nitrogens is 1. The molecule has 0 radical (unpaired) electrons. The van der Waals surface area contributed by atoms with E-state index in [0.29, 0.717) is 5.02 Å². The minimum absolute atomic E-state index is 0.669. The predicted octanol–water partition coefficient (Wildman–Crippen LogP) is 2.90. The van der Waals surface area contributed by atoms with Crippen LogP contribution < -0.4 is 4.74 Å². The first kappa shape index (κ1) is 8.32. The van der Waals surface area contributed by atoms with E-state index in [1.807, 2.05) is 18.2 Å². The molecule has 0 bridgehead atoms. The Morgan fingerprint density at radius 1 is 1.31 bits per heavy atom. The molecule has 2 aromatic rings. The predicted molar refractivity (Wildman–Crippen MR) is 53.3 cm³/mol. The molecular weight excluding hydrogens is 186 g/mol. The van der Waals surface area contributed by atoms with Gasteiger partial charge >= 0.3 is 0 Å². The van der Waals surface area contributed by atoms with Crippen molar-refractivity contribution in [2.45, 2.75) is 0 Å². The largest absolute Gasteiger partial charge is 0.496 e. The molecule has 0 spiro atoms. The van der Waals surface area contributed by atoms with Gasteiger partial charge in [0.15, 0.2) is 0 Å². The molecule has 1 aromatic heterocycles. The average molecular weight is 194 g/mol. The first-order valence-electron chi connectivity index (χ1n) is 3.90. The highest BCUT2D eigenvalue weighted by atomic mass is 35.5. The van der Waals surface area contributed by atoms with Crippen LogP contribution >= 0.6 is 11.6 Å². The van der Waals surface area contributed by atoms with Crippen LogP contribution in [0.3, 0.4) is 0 Å². The van der Waals surface area contributed by atoms with Gasteiger partial charge in [0.2, 0.25) is 0 Å². The molecule has 0 aliphatic heterocycles. The minimum atomic E-state index is 0.669. The Bertz CT molecular complexity index is 437. The first-order valence-corrected chi connectivity index (χ1v) is 4.28. The molecule has 0 amide bonds. The molecule has 0 saturated heterocycles. The Kier molecular flexibility index (Phi) is 2.07. The Balaban J connectivity index is 2.87. The molecule has 0 aliphatic rings. The van der Waals surface area contributed by atoms with Gasteiger partial charge in [-0.15, -0.1) is 0 Å². The highest BCUT2D eigenvalue weighted by Gasteiger charge is 2.04. The van der Waals surface area contributed by atoms with Crippen molar-refractivity contribution in [2.75, 3.05) is 7.11 Å². The highest BCUT2D eigenvalue weighted by Crippen LogP contribution is 2.30. The third kappa shape index (κ3) is 1.33. The van der Waals surface area contributed by atoms with E-state index in [0.717, 1.165) is 16.7 Å². The van der Waals surface area contributed by atoms with Crippen LogP contribution in [0.25, 0.3) is 10.9 Å². The quantitative estimate of drug-likeness (QED) is 0.695. The maximum absolute atomic E-state index is 6.02. The van der Waals surface area contributed by atoms with Gasteiger partial charge in [0.1, 0.15) is 5.75 Å². The molecule has 0 atom stereocenters. The van der Waals surface area contributed by atoms with Crippen LogP contribution in [-0.2, 0) is 0 Å². The van der Waals surface area contributed by atoms with E-state index in [2.05, 4.69) is 4.98 Å². The molecule has 0 N–H and O–H groups in total. The Morgan fingerprint density at radius 2 is 2.15 bits per heavy atom. The summed E-state index contributed by atoms with van der Waals surface area (Å²) >= 11 is 6.02. The van der Waals surface area contributed by atoms with Gasteiger partial charge in [0, 0.05) is 6.20 Å². The van der Waals surface area contributed by atoms with Gasteiger partial charge in [0.25, 0.3) is 0 Å². The summed E-state index contributed by atoms with van der Waals surface area (Å²) in [6.45, 7) is 0. The highest BCUT2D eigenvalue weighted by molar-refractivity contribution is 6.35. The molecule has 0 fully saturated rings. The normalized spacial score (nSPS) is 10.3. The fourth-order valence-electron chi connectivity index (χ4n) is 1.30. The van der Waals surface area contributed by atoms with E-state index in [1.165, 1.54) is 0 Å². The first-order chi connectivity index (χ1) is 6.33. The summed E-state index contributed by atoms with van der Waals surface area (Å²) in [7, 11) is 1.62. The van der Waals surface area contributed by atoms with Crippen molar-refractivity contribution < 1.29 is 4.74 Å². The monoisotopic (exact) mass is 193 g/mol. The van der Waals surface area contributed by atoms with E-state index in [1.54, 1.807) is 19.4 Å². The number of hydrogen-bond donors (Lipinski definition) is 0. The van der Waals surface area contributed by atoms with Crippen LogP contribution in [0.2, 0.25) is 5.02 Å². The number of pyridine rings is 1. The Morgan fingerprint density at radius 3 is 2.92 bits per heavy atom. The molecule has 0 unspecified atom stereocenters. The van der Waals surface area contributed by atoms with Crippen molar-refractivity contribution in [1.82, 2.24) is 4.98 Å². The lowest BCUT2D eigenvalue weighted by Crippen LogP contribution is -1.86. The number of halogens is 1. The van der Waals surface area contributed by atoms with E-state index < -0.39 is 0 Å². The molecule has 0 aliphatic carbocycles. The summed E-state index contributed by atoms with van der Waals surface area (Å²) in [5, 5.41) is 1.54. The molecule has 3 heteroatoms. The third-order valence-corrected chi connectivity index (χ3v) is 2.21. The van der Waals surface area contributed by atoms with Gasteiger partial charge in [-0.1, -0.05) is 17.7 Å². The fourth-order valence-corrected chi connectivity index (χ4v) is 1.55. The number of hydrogen-bond acceptors (Lipinski definition) is 2. The van der Waals surface area contributed by atoms with Crippen LogP contribution in [0.1, 0.15) is 0 Å². The third-order valence-electron chi connectivity index (χ3n) is 1.90. The lowest BCUT2D eigenvalue weighted by molar-refractivity contribution is 0.420. The van der Waals surface area contributed by atoms with Crippen LogP contribution in [0.5, 0.6) is 5.75 Å². The zero-order valence-electron chi connectivity index (χ0n) is 7.12. The Labute approximate surface area is 81.1 Å². The van der Waals surface area contributed by atoms with Crippen molar-refractivity contribution in [2.24, 2.45) is 0 Å². The smallest absolute Gasteiger partial charge is 0.129 e. The van der Waals surface area contributed by atoms with Crippen LogP contribution in [-0.4, -0.2) is 12.1 Å². The number of benzene rings is 1. The summed E-state index contributed by atoms with van der Waals surface area (Å²) in [5.74, 6) is 0.760. The lowest BCUT2D eigenvalue weighted by atomic mass is 10.2. The summed E-state index contributed by atoms with van der Waals surface area (Å²) < 4.78 is 5.18. The van der Waals surface area contributed by atoms with Gasteiger partial charge in [-0.05, 0) is 18.2 Å². The van der Waals surface area contributed by atoms with Crippen molar-refractivity contribution in [1.29, 1.82) is 0 Å². The van der Waals surface area contributed by atoms with Crippen molar-refractivity contribution in [3.63, 3.8) is 0 Å². The van der Waals surface area contributed by atoms with Crippen molar-refractivity contribution in [3.8, 4) is 5.75 Å². The van der Waals surface area contributed by atoms with E-state index in [4.69, 9.17) is 16.3 Å². The standard InChI is InChI=1S/C10H8ClNO/c1-13-9-4-2-3-8-10(9)7(11)5-6-12-8/h2-6H,1H3. The molecule has 0 saturated carbocycles. The maximum atomic E-state index is 6.02. The van der Waals surface area contributed by atoms with Crippen LogP contribution in [0.15, 0.2) is 30.5 Å². The number of rotatable bonds is 1. The van der Waals surface area contributed by atoms with E-state index in [-0.39, 0.29) is 0 Å². The summed E-state index contributed by atoms with van der Waals surface area (Å²) in [6, 6.07) is 7.43. The van der Waals surface area contributed by atoms with Crippen LogP contribution in [0, 0.1) is 0 Å². The second-order valence-electron chi connectivity index (χ2n) is 2.65. The number of fused-ring (bicyclic) bond motifs is 1. The molecule has 2 rings (SSSR count). The molecule has 66 valence electrons. The minimum Gasteiger partial charge on any atom is -0.496 e. The van der Waals surface area contributed by atoms with Gasteiger partial charge in [0.05, 0.1) is 23.0 Å².